The number of carbonyl (C=O) groups excluding carboxylic acids is 1. The molecule has 0 saturated carbocycles. The van der Waals surface area contributed by atoms with E-state index in [0.717, 1.165) is 25.5 Å². The zero-order valence-corrected chi connectivity index (χ0v) is 14.4. The van der Waals surface area contributed by atoms with Gasteiger partial charge in [-0.25, -0.2) is 13.1 Å². The molecule has 7 heteroatoms. The average Bonchev–Trinajstić information content (AvgIpc) is 2.34. The molecule has 1 fully saturated rings. The Balaban J connectivity index is 2.66. The van der Waals surface area contributed by atoms with Gasteiger partial charge in [0, 0.05) is 31.6 Å². The second-order valence-corrected chi connectivity index (χ2v) is 8.87. The van der Waals surface area contributed by atoms with E-state index in [2.05, 4.69) is 4.72 Å². The maximum Gasteiger partial charge on any atom is 0.224 e. The van der Waals surface area contributed by atoms with E-state index in [-0.39, 0.29) is 30.0 Å². The van der Waals surface area contributed by atoms with Crippen LogP contribution in [0.2, 0.25) is 0 Å². The lowest BCUT2D eigenvalue weighted by Gasteiger charge is -2.37. The predicted molar refractivity (Wildman–Crippen MR) is 84.2 cm³/mol. The van der Waals surface area contributed by atoms with Crippen LogP contribution in [-0.2, 0) is 14.8 Å². The first-order chi connectivity index (χ1) is 9.50. The Bertz CT molecular complexity index is 457. The molecule has 0 aromatic rings. The molecule has 1 aliphatic heterocycles. The van der Waals surface area contributed by atoms with E-state index in [0.29, 0.717) is 13.0 Å². The minimum atomic E-state index is -3.23. The van der Waals surface area contributed by atoms with Gasteiger partial charge in [-0.2, -0.15) is 0 Å². The monoisotopic (exact) mass is 319 g/mol. The van der Waals surface area contributed by atoms with Crippen LogP contribution in [0.1, 0.15) is 46.5 Å². The SMILES string of the molecule is CC(C)(C)C(N)CC(=O)N1CCCCC1CNS(C)(=O)=O. The van der Waals surface area contributed by atoms with Gasteiger partial charge in [0.15, 0.2) is 0 Å². The van der Waals surface area contributed by atoms with Crippen LogP contribution in [0.3, 0.4) is 0 Å². The number of sulfonamides is 1. The van der Waals surface area contributed by atoms with Crippen molar-refractivity contribution in [2.75, 3.05) is 19.3 Å². The number of likely N-dealkylation sites (tertiary alicyclic amines) is 1. The first-order valence-electron chi connectivity index (χ1n) is 7.50. The van der Waals surface area contributed by atoms with Crippen LogP contribution in [-0.4, -0.2) is 50.7 Å². The highest BCUT2D eigenvalue weighted by Crippen LogP contribution is 2.23. The van der Waals surface area contributed by atoms with Crippen LogP contribution in [0.15, 0.2) is 0 Å². The maximum atomic E-state index is 12.5. The molecule has 21 heavy (non-hydrogen) atoms. The topological polar surface area (TPSA) is 92.5 Å². The van der Waals surface area contributed by atoms with Gasteiger partial charge in [0.25, 0.3) is 0 Å². The molecule has 2 atom stereocenters. The van der Waals surface area contributed by atoms with E-state index in [1.54, 1.807) is 4.90 Å². The van der Waals surface area contributed by atoms with Crippen LogP contribution in [0.25, 0.3) is 0 Å². The van der Waals surface area contributed by atoms with Crippen molar-refractivity contribution in [1.82, 2.24) is 9.62 Å². The van der Waals surface area contributed by atoms with E-state index in [1.165, 1.54) is 0 Å². The quantitative estimate of drug-likeness (QED) is 0.779. The number of piperidine rings is 1. The van der Waals surface area contributed by atoms with Crippen LogP contribution >= 0.6 is 0 Å². The lowest BCUT2D eigenvalue weighted by atomic mass is 9.85. The van der Waals surface area contributed by atoms with Gasteiger partial charge < -0.3 is 10.6 Å². The zero-order chi connectivity index (χ0) is 16.3. The van der Waals surface area contributed by atoms with Gasteiger partial charge in [0.2, 0.25) is 15.9 Å². The fraction of sp³-hybridized carbons (Fsp3) is 0.929. The molecule has 0 aliphatic carbocycles. The summed E-state index contributed by atoms with van der Waals surface area (Å²) in [5.74, 6) is 0.0254. The van der Waals surface area contributed by atoms with E-state index in [1.807, 2.05) is 20.8 Å². The molecule has 0 aromatic carbocycles. The van der Waals surface area contributed by atoms with Gasteiger partial charge >= 0.3 is 0 Å². The van der Waals surface area contributed by atoms with Crippen molar-refractivity contribution in [3.05, 3.63) is 0 Å². The highest BCUT2D eigenvalue weighted by atomic mass is 32.2. The highest BCUT2D eigenvalue weighted by Gasteiger charge is 2.30. The molecule has 2 unspecified atom stereocenters. The Hall–Kier alpha value is -0.660. The number of amides is 1. The third-order valence-corrected chi connectivity index (χ3v) is 4.73. The Morgan fingerprint density at radius 2 is 2.00 bits per heavy atom. The summed E-state index contributed by atoms with van der Waals surface area (Å²) in [6.45, 7) is 7.03. The summed E-state index contributed by atoms with van der Waals surface area (Å²) in [6.07, 6.45) is 4.26. The van der Waals surface area contributed by atoms with Crippen molar-refractivity contribution < 1.29 is 13.2 Å². The molecule has 0 bridgehead atoms. The van der Waals surface area contributed by atoms with Crippen molar-refractivity contribution >= 4 is 15.9 Å². The second-order valence-electron chi connectivity index (χ2n) is 7.03. The van der Waals surface area contributed by atoms with Crippen molar-refractivity contribution in [3.63, 3.8) is 0 Å². The Kier molecular flexibility index (Phi) is 6.19. The Morgan fingerprint density at radius 1 is 1.38 bits per heavy atom. The summed E-state index contributed by atoms with van der Waals surface area (Å²) in [5, 5.41) is 0. The lowest BCUT2D eigenvalue weighted by Crippen LogP contribution is -2.51. The van der Waals surface area contributed by atoms with E-state index in [4.69, 9.17) is 5.73 Å². The number of nitrogens with zero attached hydrogens (tertiary/aromatic N) is 1. The molecule has 3 N–H and O–H groups in total. The standard InChI is InChI=1S/C14H29N3O3S/c1-14(2,3)12(15)9-13(18)17-8-6-5-7-11(17)10-16-21(4,19)20/h11-12,16H,5-10,15H2,1-4H3. The molecule has 1 aliphatic rings. The molecule has 1 rings (SSSR count). The molecule has 1 amide bonds. The molecule has 0 radical (unpaired) electrons. The zero-order valence-electron chi connectivity index (χ0n) is 13.6. The van der Waals surface area contributed by atoms with Gasteiger partial charge in [-0.3, -0.25) is 4.79 Å². The van der Waals surface area contributed by atoms with E-state index in [9.17, 15) is 13.2 Å². The molecule has 0 spiro atoms. The van der Waals surface area contributed by atoms with Gasteiger partial charge in [0.05, 0.1) is 6.26 Å². The molecular weight excluding hydrogens is 290 g/mol. The molecule has 124 valence electrons. The van der Waals surface area contributed by atoms with Crippen LogP contribution in [0.5, 0.6) is 0 Å². The van der Waals surface area contributed by atoms with Gasteiger partial charge in [-0.05, 0) is 24.7 Å². The number of carbonyl (C=O) groups is 1. The summed E-state index contributed by atoms with van der Waals surface area (Å²) < 4.78 is 25.0. The largest absolute Gasteiger partial charge is 0.338 e. The normalized spacial score (nSPS) is 22.1. The number of nitrogens with one attached hydrogen (secondary N) is 1. The molecule has 0 aromatic heterocycles. The summed E-state index contributed by atoms with van der Waals surface area (Å²) in [4.78, 5) is 14.3. The third kappa shape index (κ3) is 6.32. The van der Waals surface area contributed by atoms with Gasteiger partial charge in [-0.15, -0.1) is 0 Å². The average molecular weight is 319 g/mol. The van der Waals surface area contributed by atoms with Crippen molar-refractivity contribution in [2.45, 2.75) is 58.5 Å². The lowest BCUT2D eigenvalue weighted by molar-refractivity contribution is -0.135. The van der Waals surface area contributed by atoms with Crippen molar-refractivity contribution in [2.24, 2.45) is 11.1 Å². The third-order valence-electron chi connectivity index (χ3n) is 4.04. The van der Waals surface area contributed by atoms with Gasteiger partial charge in [-0.1, -0.05) is 20.8 Å². The molecule has 6 nitrogen and oxygen atoms in total. The van der Waals surface area contributed by atoms with Gasteiger partial charge in [0.1, 0.15) is 0 Å². The molecule has 1 heterocycles. The summed E-state index contributed by atoms with van der Waals surface area (Å²) >= 11 is 0. The fourth-order valence-electron chi connectivity index (χ4n) is 2.40. The van der Waals surface area contributed by atoms with Crippen LogP contribution in [0.4, 0.5) is 0 Å². The number of hydrogen-bond acceptors (Lipinski definition) is 4. The number of hydrogen-bond donors (Lipinski definition) is 2. The predicted octanol–water partition coefficient (Wildman–Crippen LogP) is 0.680. The van der Waals surface area contributed by atoms with Crippen molar-refractivity contribution in [1.29, 1.82) is 0 Å². The van der Waals surface area contributed by atoms with E-state index >= 15 is 0 Å². The summed E-state index contributed by atoms with van der Waals surface area (Å²) in [5.41, 5.74) is 5.97. The minimum absolute atomic E-state index is 0.0254. The minimum Gasteiger partial charge on any atom is -0.338 e. The fourth-order valence-corrected chi connectivity index (χ4v) is 2.90. The highest BCUT2D eigenvalue weighted by molar-refractivity contribution is 7.88. The summed E-state index contributed by atoms with van der Waals surface area (Å²) in [7, 11) is -3.23. The smallest absolute Gasteiger partial charge is 0.224 e. The Morgan fingerprint density at radius 3 is 2.52 bits per heavy atom. The first kappa shape index (κ1) is 18.4. The Labute approximate surface area is 128 Å². The van der Waals surface area contributed by atoms with Crippen LogP contribution in [0, 0.1) is 5.41 Å². The number of rotatable bonds is 5. The summed E-state index contributed by atoms with van der Waals surface area (Å²) in [6, 6.07) is -0.261. The molecular formula is C14H29N3O3S. The number of nitrogens with two attached hydrogens (primary N) is 1. The first-order valence-corrected chi connectivity index (χ1v) is 9.39. The van der Waals surface area contributed by atoms with Crippen LogP contribution < -0.4 is 10.5 Å². The molecule has 1 saturated heterocycles. The van der Waals surface area contributed by atoms with E-state index < -0.39 is 10.0 Å². The second kappa shape index (κ2) is 7.07. The maximum absolute atomic E-state index is 12.5. The van der Waals surface area contributed by atoms with Crippen molar-refractivity contribution in [3.8, 4) is 0 Å².